The molecule has 0 saturated carbocycles. The number of para-hydroxylation sites is 1. The number of hydrogen-bond donors (Lipinski definition) is 0. The summed E-state index contributed by atoms with van der Waals surface area (Å²) in [4.78, 5) is 35.2. The van der Waals surface area contributed by atoms with E-state index in [2.05, 4.69) is 4.74 Å². The smallest absolute Gasteiger partial charge is 0.307 e. The molecule has 0 bridgehead atoms. The molecule has 1 aromatic rings. The van der Waals surface area contributed by atoms with Gasteiger partial charge in [-0.25, -0.2) is 0 Å². The van der Waals surface area contributed by atoms with Gasteiger partial charge in [-0.3, -0.25) is 19.7 Å². The Bertz CT molecular complexity index is 561. The first-order valence-corrected chi connectivity index (χ1v) is 6.59. The van der Waals surface area contributed by atoms with Crippen molar-refractivity contribution in [3.63, 3.8) is 0 Å². The van der Waals surface area contributed by atoms with Crippen molar-refractivity contribution in [1.82, 2.24) is 4.90 Å². The minimum atomic E-state index is -0.691. The van der Waals surface area contributed by atoms with Gasteiger partial charge in [-0.1, -0.05) is 17.7 Å². The van der Waals surface area contributed by atoms with E-state index in [-0.39, 0.29) is 23.6 Å². The normalized spacial score (nSPS) is 10.0. The zero-order chi connectivity index (χ0) is 16.0. The van der Waals surface area contributed by atoms with Crippen LogP contribution in [0.3, 0.4) is 0 Å². The highest BCUT2D eigenvalue weighted by Gasteiger charge is 2.26. The quantitative estimate of drug-likeness (QED) is 0.456. The standard InChI is InChI=1S/C13H15ClN2O5/c1-3-15(8-7-11(17)21-2)13(18)9-5-4-6-10(14)12(9)16(19)20/h4-6H,3,7-8H2,1-2H3. The van der Waals surface area contributed by atoms with Crippen molar-refractivity contribution in [1.29, 1.82) is 0 Å². The van der Waals surface area contributed by atoms with E-state index < -0.39 is 22.5 Å². The number of nitro groups is 1. The number of nitro benzene ring substituents is 1. The summed E-state index contributed by atoms with van der Waals surface area (Å²) >= 11 is 5.78. The van der Waals surface area contributed by atoms with Crippen LogP contribution in [0.1, 0.15) is 23.7 Å². The summed E-state index contributed by atoms with van der Waals surface area (Å²) in [6.07, 6.45) is 0.0183. The minimum absolute atomic E-state index is 0.0183. The molecule has 1 aromatic carbocycles. The lowest BCUT2D eigenvalue weighted by atomic mass is 10.1. The van der Waals surface area contributed by atoms with Crippen molar-refractivity contribution in [3.05, 3.63) is 38.9 Å². The number of benzene rings is 1. The number of hydrogen-bond acceptors (Lipinski definition) is 5. The fourth-order valence-corrected chi connectivity index (χ4v) is 2.02. The lowest BCUT2D eigenvalue weighted by molar-refractivity contribution is -0.385. The van der Waals surface area contributed by atoms with E-state index in [1.165, 1.54) is 30.2 Å². The molecule has 0 heterocycles. The lowest BCUT2D eigenvalue weighted by Crippen LogP contribution is -2.33. The molecule has 0 aliphatic heterocycles. The van der Waals surface area contributed by atoms with Crippen LogP contribution in [0.4, 0.5) is 5.69 Å². The second-order valence-corrected chi connectivity index (χ2v) is 4.51. The topological polar surface area (TPSA) is 89.8 Å². The van der Waals surface area contributed by atoms with E-state index >= 15 is 0 Å². The van der Waals surface area contributed by atoms with Crippen LogP contribution in [-0.4, -0.2) is 41.9 Å². The highest BCUT2D eigenvalue weighted by atomic mass is 35.5. The fraction of sp³-hybridized carbons (Fsp3) is 0.385. The molecule has 7 nitrogen and oxygen atoms in total. The van der Waals surface area contributed by atoms with Gasteiger partial charge in [0.1, 0.15) is 10.6 Å². The maximum atomic E-state index is 12.4. The second kappa shape index (κ2) is 7.58. The van der Waals surface area contributed by atoms with Gasteiger partial charge in [-0.2, -0.15) is 0 Å². The summed E-state index contributed by atoms with van der Waals surface area (Å²) in [5.41, 5.74) is -0.528. The monoisotopic (exact) mass is 314 g/mol. The van der Waals surface area contributed by atoms with Crippen molar-refractivity contribution < 1.29 is 19.2 Å². The predicted octanol–water partition coefficient (Wildman–Crippen LogP) is 2.27. The van der Waals surface area contributed by atoms with Crippen LogP contribution >= 0.6 is 11.6 Å². The van der Waals surface area contributed by atoms with Gasteiger partial charge in [-0.05, 0) is 19.1 Å². The van der Waals surface area contributed by atoms with Crippen LogP contribution in [-0.2, 0) is 9.53 Å². The van der Waals surface area contributed by atoms with E-state index in [0.717, 1.165) is 0 Å². The van der Waals surface area contributed by atoms with Gasteiger partial charge in [0.2, 0.25) is 0 Å². The van der Waals surface area contributed by atoms with Gasteiger partial charge in [0.05, 0.1) is 18.5 Å². The van der Waals surface area contributed by atoms with Crippen LogP contribution in [0, 0.1) is 10.1 Å². The molecule has 0 spiro atoms. The summed E-state index contributed by atoms with van der Waals surface area (Å²) in [5.74, 6) is -1.00. The van der Waals surface area contributed by atoms with Crippen LogP contribution in [0.25, 0.3) is 0 Å². The van der Waals surface area contributed by atoms with E-state index in [0.29, 0.717) is 6.54 Å². The Morgan fingerprint density at radius 2 is 2.10 bits per heavy atom. The van der Waals surface area contributed by atoms with E-state index in [4.69, 9.17) is 11.6 Å². The first-order valence-electron chi connectivity index (χ1n) is 6.21. The average Bonchev–Trinajstić information content (AvgIpc) is 2.46. The van der Waals surface area contributed by atoms with Crippen molar-refractivity contribution in [2.75, 3.05) is 20.2 Å². The van der Waals surface area contributed by atoms with Gasteiger partial charge >= 0.3 is 11.7 Å². The Hall–Kier alpha value is -2.15. The zero-order valence-electron chi connectivity index (χ0n) is 11.7. The number of carbonyl (C=O) groups excluding carboxylic acids is 2. The molecule has 0 saturated heterocycles. The number of amides is 1. The Kier molecular flexibility index (Phi) is 6.10. The first kappa shape index (κ1) is 16.9. The number of methoxy groups -OCH3 is 1. The largest absolute Gasteiger partial charge is 0.469 e. The molecule has 8 heteroatoms. The van der Waals surface area contributed by atoms with Gasteiger partial charge in [0, 0.05) is 13.1 Å². The highest BCUT2D eigenvalue weighted by Crippen LogP contribution is 2.29. The molecule has 0 radical (unpaired) electrons. The van der Waals surface area contributed by atoms with Crippen LogP contribution in [0.2, 0.25) is 5.02 Å². The van der Waals surface area contributed by atoms with Crippen molar-refractivity contribution in [2.24, 2.45) is 0 Å². The third kappa shape index (κ3) is 4.16. The Labute approximate surface area is 126 Å². The number of nitrogens with zero attached hydrogens (tertiary/aromatic N) is 2. The summed E-state index contributed by atoms with van der Waals surface area (Å²) in [7, 11) is 1.25. The number of carbonyl (C=O) groups is 2. The maximum absolute atomic E-state index is 12.4. The summed E-state index contributed by atoms with van der Waals surface area (Å²) in [5, 5.41) is 10.9. The number of halogens is 1. The van der Waals surface area contributed by atoms with E-state index in [9.17, 15) is 19.7 Å². The van der Waals surface area contributed by atoms with Gasteiger partial charge in [0.15, 0.2) is 0 Å². The third-order valence-corrected chi connectivity index (χ3v) is 3.19. The van der Waals surface area contributed by atoms with Crippen LogP contribution in [0.5, 0.6) is 0 Å². The molecule has 114 valence electrons. The van der Waals surface area contributed by atoms with E-state index in [1.807, 2.05) is 0 Å². The Morgan fingerprint density at radius 3 is 2.62 bits per heavy atom. The first-order chi connectivity index (χ1) is 9.92. The van der Waals surface area contributed by atoms with Crippen molar-refractivity contribution >= 4 is 29.2 Å². The predicted molar refractivity (Wildman–Crippen MR) is 76.3 cm³/mol. The summed E-state index contributed by atoms with van der Waals surface area (Å²) in [6, 6.07) is 4.16. The lowest BCUT2D eigenvalue weighted by Gasteiger charge is -2.20. The van der Waals surface area contributed by atoms with Gasteiger partial charge in [-0.15, -0.1) is 0 Å². The van der Waals surface area contributed by atoms with Crippen molar-refractivity contribution in [3.8, 4) is 0 Å². The molecule has 0 aliphatic carbocycles. The molecule has 1 amide bonds. The molecular formula is C13H15ClN2O5. The second-order valence-electron chi connectivity index (χ2n) is 4.10. The SMILES string of the molecule is CCN(CCC(=O)OC)C(=O)c1cccc(Cl)c1[N+](=O)[O-]. The minimum Gasteiger partial charge on any atom is -0.469 e. The van der Waals surface area contributed by atoms with Gasteiger partial charge in [0.25, 0.3) is 5.91 Å². The summed E-state index contributed by atoms with van der Waals surface area (Å²) < 4.78 is 4.51. The van der Waals surface area contributed by atoms with Crippen LogP contribution < -0.4 is 0 Å². The number of esters is 1. The van der Waals surface area contributed by atoms with Gasteiger partial charge < -0.3 is 9.64 Å². The Balaban J connectivity index is 3.03. The number of ether oxygens (including phenoxy) is 1. The summed E-state index contributed by atoms with van der Waals surface area (Å²) in [6.45, 7) is 2.14. The maximum Gasteiger partial charge on any atom is 0.307 e. The zero-order valence-corrected chi connectivity index (χ0v) is 12.4. The third-order valence-electron chi connectivity index (χ3n) is 2.88. The molecule has 0 N–H and O–H groups in total. The molecule has 0 aliphatic rings. The number of rotatable bonds is 6. The Morgan fingerprint density at radius 1 is 1.43 bits per heavy atom. The van der Waals surface area contributed by atoms with Crippen molar-refractivity contribution in [2.45, 2.75) is 13.3 Å². The molecule has 0 unspecified atom stereocenters. The molecular weight excluding hydrogens is 300 g/mol. The molecule has 1 rings (SSSR count). The molecule has 0 aromatic heterocycles. The average molecular weight is 315 g/mol. The molecule has 0 atom stereocenters. The van der Waals surface area contributed by atoms with E-state index in [1.54, 1.807) is 6.92 Å². The molecule has 21 heavy (non-hydrogen) atoms. The molecule has 0 fully saturated rings. The fourth-order valence-electron chi connectivity index (χ4n) is 1.78. The van der Waals surface area contributed by atoms with Crippen LogP contribution in [0.15, 0.2) is 18.2 Å². The highest BCUT2D eigenvalue weighted by molar-refractivity contribution is 6.33.